The molecule has 2 rings (SSSR count). The highest BCUT2D eigenvalue weighted by atomic mass is 16.5. The zero-order valence-electron chi connectivity index (χ0n) is 10.1. The Hall–Kier alpha value is -1.08. The summed E-state index contributed by atoms with van der Waals surface area (Å²) in [4.78, 5) is 0. The number of benzene rings is 1. The zero-order valence-corrected chi connectivity index (χ0v) is 9.10. The Labute approximate surface area is 93.2 Å². The van der Waals surface area contributed by atoms with E-state index in [1.165, 1.54) is 5.56 Å². The second-order valence-corrected chi connectivity index (χ2v) is 3.92. The Balaban J connectivity index is 2.01. The molecule has 0 saturated carbocycles. The van der Waals surface area contributed by atoms with Crippen molar-refractivity contribution < 1.29 is 6.11 Å². The van der Waals surface area contributed by atoms with Crippen molar-refractivity contribution in [1.29, 1.82) is 0 Å². The lowest BCUT2D eigenvalue weighted by molar-refractivity contribution is 0.0962. The van der Waals surface area contributed by atoms with Crippen molar-refractivity contribution in [2.75, 3.05) is 6.58 Å². The largest absolute Gasteiger partial charge is 0.378 e. The first kappa shape index (κ1) is 9.17. The van der Waals surface area contributed by atoms with Gasteiger partial charge in [-0.05, 0) is 18.4 Å². The molecule has 1 aromatic rings. The van der Waals surface area contributed by atoms with Gasteiger partial charge in [0.05, 0.1) is 7.47 Å². The van der Waals surface area contributed by atoms with Gasteiger partial charge in [-0.3, -0.25) is 0 Å². The highest BCUT2D eigenvalue weighted by Gasteiger charge is 2.23. The van der Waals surface area contributed by atoms with E-state index < -0.39 is 0 Å². The smallest absolute Gasteiger partial charge is 0.0636 e. The lowest BCUT2D eigenvalue weighted by Gasteiger charge is -2.12. The molecule has 1 aromatic carbocycles. The highest BCUT2D eigenvalue weighted by molar-refractivity contribution is 5.49. The summed E-state index contributed by atoms with van der Waals surface area (Å²) in [6, 6.07) is 10.3. The van der Waals surface area contributed by atoms with E-state index in [2.05, 4.69) is 31.2 Å². The van der Waals surface area contributed by atoms with Crippen molar-refractivity contribution in [1.82, 2.24) is 0 Å². The van der Waals surface area contributed by atoms with Gasteiger partial charge < -0.3 is 4.74 Å². The molecular weight excluding hydrogens is 184 g/mol. The van der Waals surface area contributed by atoms with E-state index in [0.29, 0.717) is 5.92 Å². The molecule has 1 aliphatic rings. The van der Waals surface area contributed by atoms with Crippen molar-refractivity contribution in [2.24, 2.45) is 5.92 Å². The number of hydrogen-bond acceptors (Lipinski definition) is 1. The first-order valence-corrected chi connectivity index (χ1v) is 5.60. The van der Waals surface area contributed by atoms with E-state index >= 15 is 0 Å². The molecule has 1 heterocycles. The third-order valence-electron chi connectivity index (χ3n) is 2.85. The minimum atomic E-state index is -0.338. The summed E-state index contributed by atoms with van der Waals surface area (Å²) in [5.41, 5.74) is 1.21. The van der Waals surface area contributed by atoms with Crippen LogP contribution >= 0.6 is 0 Å². The van der Waals surface area contributed by atoms with Crippen molar-refractivity contribution in [3.8, 4) is 0 Å². The summed E-state index contributed by atoms with van der Waals surface area (Å²) in [6.45, 7) is 1.78. The van der Waals surface area contributed by atoms with Gasteiger partial charge >= 0.3 is 0 Å². The van der Waals surface area contributed by atoms with E-state index in [0.717, 1.165) is 12.8 Å². The molecule has 0 amide bonds. The third kappa shape index (κ3) is 2.69. The van der Waals surface area contributed by atoms with Crippen LogP contribution in [0.15, 0.2) is 36.4 Å². The lowest BCUT2D eigenvalue weighted by atomic mass is 9.98. The van der Waals surface area contributed by atoms with Gasteiger partial charge in [0, 0.05) is 12.5 Å². The van der Waals surface area contributed by atoms with Crippen LogP contribution in [0.25, 0.3) is 6.08 Å². The van der Waals surface area contributed by atoms with Gasteiger partial charge in [-0.25, -0.2) is 0 Å². The SMILES string of the molecule is [3H]C1CC(/C=C/c2ccccc2)[C@@H](CC)O1. The van der Waals surface area contributed by atoms with E-state index in [9.17, 15) is 0 Å². The highest BCUT2D eigenvalue weighted by Crippen LogP contribution is 2.25. The number of ether oxygens (including phenoxy) is 1. The predicted octanol–water partition coefficient (Wildman–Crippen LogP) is 3.51. The van der Waals surface area contributed by atoms with Crippen LogP contribution in [-0.4, -0.2) is 12.7 Å². The topological polar surface area (TPSA) is 9.23 Å². The van der Waals surface area contributed by atoms with Gasteiger partial charge in [0.15, 0.2) is 0 Å². The maximum Gasteiger partial charge on any atom is 0.0636 e. The molecule has 1 fully saturated rings. The Morgan fingerprint density at radius 2 is 2.27 bits per heavy atom. The molecule has 15 heavy (non-hydrogen) atoms. The Morgan fingerprint density at radius 1 is 1.47 bits per heavy atom. The predicted molar refractivity (Wildman–Crippen MR) is 63.6 cm³/mol. The van der Waals surface area contributed by atoms with Crippen molar-refractivity contribution in [3.63, 3.8) is 0 Å². The number of hydrogen-bond donors (Lipinski definition) is 0. The van der Waals surface area contributed by atoms with Crippen LogP contribution in [-0.2, 0) is 4.74 Å². The second kappa shape index (κ2) is 5.13. The normalized spacial score (nSPS) is 32.1. The first-order chi connectivity index (χ1) is 7.79. The van der Waals surface area contributed by atoms with Gasteiger partial charge in [-0.1, -0.05) is 49.4 Å². The molecule has 80 valence electrons. The van der Waals surface area contributed by atoms with Crippen LogP contribution in [0.3, 0.4) is 0 Å². The average molecular weight is 204 g/mol. The van der Waals surface area contributed by atoms with Gasteiger partial charge in [0.25, 0.3) is 0 Å². The zero-order chi connectivity index (χ0) is 11.4. The maximum atomic E-state index is 7.62. The van der Waals surface area contributed by atoms with Gasteiger partial charge in [0.2, 0.25) is 0 Å². The van der Waals surface area contributed by atoms with Gasteiger partial charge in [-0.15, -0.1) is 0 Å². The van der Waals surface area contributed by atoms with E-state index in [1.807, 2.05) is 18.2 Å². The Morgan fingerprint density at radius 3 is 3.00 bits per heavy atom. The molecule has 0 radical (unpaired) electrons. The molecule has 2 unspecified atom stereocenters. The summed E-state index contributed by atoms with van der Waals surface area (Å²) >= 11 is 0. The van der Waals surface area contributed by atoms with Crippen LogP contribution in [0.4, 0.5) is 0 Å². The molecule has 1 heteroatoms. The van der Waals surface area contributed by atoms with Crippen LogP contribution < -0.4 is 0 Å². The monoisotopic (exact) mass is 204 g/mol. The quantitative estimate of drug-likeness (QED) is 0.732. The third-order valence-corrected chi connectivity index (χ3v) is 2.85. The fourth-order valence-electron chi connectivity index (χ4n) is 1.94. The number of rotatable bonds is 3. The molecule has 0 spiro atoms. The van der Waals surface area contributed by atoms with Crippen LogP contribution in [0.5, 0.6) is 0 Å². The summed E-state index contributed by atoms with van der Waals surface area (Å²) < 4.78 is 13.1. The average Bonchev–Trinajstić information content (AvgIpc) is 2.68. The van der Waals surface area contributed by atoms with Crippen molar-refractivity contribution >= 4 is 6.08 Å². The Bertz CT molecular complexity index is 347. The van der Waals surface area contributed by atoms with Gasteiger partial charge in [0.1, 0.15) is 0 Å². The maximum absolute atomic E-state index is 7.62. The summed E-state index contributed by atoms with van der Waals surface area (Å²) in [7, 11) is 0. The van der Waals surface area contributed by atoms with Crippen LogP contribution in [0, 0.1) is 5.92 Å². The molecule has 1 saturated heterocycles. The summed E-state index contributed by atoms with van der Waals surface area (Å²) in [5.74, 6) is 0.396. The standard InChI is InChI=1S/C14H18O/c1-2-14-13(10-11-15-14)9-8-12-6-4-3-5-7-12/h3-9,13-14H,2,10-11H2,1H3/b9-8+/t13?,14-/m1/s1/i11T/t11?,13?,14-. The first-order valence-electron chi connectivity index (χ1n) is 6.18. The molecule has 0 aromatic heterocycles. The van der Waals surface area contributed by atoms with Crippen LogP contribution in [0.2, 0.25) is 0 Å². The van der Waals surface area contributed by atoms with E-state index in [4.69, 9.17) is 6.11 Å². The van der Waals surface area contributed by atoms with Crippen molar-refractivity contribution in [2.45, 2.75) is 25.9 Å². The summed E-state index contributed by atoms with van der Waals surface area (Å²) in [6.07, 6.45) is 6.36. The summed E-state index contributed by atoms with van der Waals surface area (Å²) in [5, 5.41) is 0. The fourth-order valence-corrected chi connectivity index (χ4v) is 1.94. The molecule has 1 nitrogen and oxygen atoms in total. The van der Waals surface area contributed by atoms with E-state index in [1.54, 1.807) is 0 Å². The van der Waals surface area contributed by atoms with Gasteiger partial charge in [-0.2, -0.15) is 0 Å². The molecule has 3 atom stereocenters. The van der Waals surface area contributed by atoms with Crippen LogP contribution in [0.1, 0.15) is 26.7 Å². The fraction of sp³-hybridized carbons (Fsp3) is 0.429. The molecule has 0 bridgehead atoms. The lowest BCUT2D eigenvalue weighted by Crippen LogP contribution is -2.11. The van der Waals surface area contributed by atoms with Crippen molar-refractivity contribution in [3.05, 3.63) is 42.0 Å². The minimum Gasteiger partial charge on any atom is -0.378 e. The second-order valence-electron chi connectivity index (χ2n) is 3.92. The molecular formula is C14H18O. The minimum absolute atomic E-state index is 0.225. The van der Waals surface area contributed by atoms with E-state index in [-0.39, 0.29) is 12.7 Å². The molecule has 0 aliphatic carbocycles. The molecule has 0 N–H and O–H groups in total. The molecule has 1 aliphatic heterocycles. The Kier molecular flexibility index (Phi) is 3.13.